The molecule has 0 saturated carbocycles. The van der Waals surface area contributed by atoms with Gasteiger partial charge in [0.1, 0.15) is 0 Å². The summed E-state index contributed by atoms with van der Waals surface area (Å²) in [4.78, 5) is 13.2. The van der Waals surface area contributed by atoms with Crippen molar-refractivity contribution in [3.63, 3.8) is 0 Å². The number of rotatable bonds is 1. The number of nitrogens with zero attached hydrogens (tertiary/aromatic N) is 1. The van der Waals surface area contributed by atoms with E-state index in [0.29, 0.717) is 0 Å². The largest absolute Gasteiger partial charge is 0.451 e. The Hall–Kier alpha value is -1.19. The number of hydrogen-bond acceptors (Lipinski definition) is 3. The maximum Gasteiger partial charge on any atom is 0.433 e. The van der Waals surface area contributed by atoms with Gasteiger partial charge in [0.25, 0.3) is 0 Å². The molecule has 0 bridgehead atoms. The van der Waals surface area contributed by atoms with E-state index in [-0.39, 0.29) is 0 Å². The van der Waals surface area contributed by atoms with Gasteiger partial charge in [-0.25, -0.2) is 4.79 Å². The van der Waals surface area contributed by atoms with Crippen LogP contribution in [0.2, 0.25) is 0 Å². The molecule has 0 aliphatic carbocycles. The van der Waals surface area contributed by atoms with Crippen molar-refractivity contribution in [2.75, 3.05) is 7.11 Å². The van der Waals surface area contributed by atoms with E-state index in [1.807, 2.05) is 0 Å². The monoisotopic (exact) mass is 114 g/mol. The average molecular weight is 114 g/mol. The second kappa shape index (κ2) is 3.98. The number of nitrogens with one attached hydrogen (secondary N) is 1. The van der Waals surface area contributed by atoms with Gasteiger partial charge in [-0.05, 0) is 0 Å². The molecule has 44 valence electrons. The van der Waals surface area contributed by atoms with E-state index in [1.165, 1.54) is 7.11 Å². The first-order valence-electron chi connectivity index (χ1n) is 1.92. The van der Waals surface area contributed by atoms with Crippen molar-refractivity contribution in [1.29, 1.82) is 5.41 Å². The molecule has 0 aromatic carbocycles. The molecule has 0 heterocycles. The molecule has 0 aliphatic rings. The Kier molecular flexibility index (Phi) is 3.39. The van der Waals surface area contributed by atoms with Crippen LogP contribution in [0.5, 0.6) is 0 Å². The molecule has 0 radical (unpaired) electrons. The van der Waals surface area contributed by atoms with Crippen molar-refractivity contribution in [3.8, 4) is 0 Å². The molecule has 0 aromatic rings. The van der Waals surface area contributed by atoms with E-state index >= 15 is 0 Å². The third kappa shape index (κ3) is 3.02. The van der Waals surface area contributed by atoms with Crippen LogP contribution in [0.3, 0.4) is 0 Å². The van der Waals surface area contributed by atoms with Crippen LogP contribution in [-0.2, 0) is 4.74 Å². The van der Waals surface area contributed by atoms with Crippen LogP contribution >= 0.6 is 0 Å². The fourth-order valence-corrected chi connectivity index (χ4v) is 0.151. The number of amides is 1. The highest BCUT2D eigenvalue weighted by Crippen LogP contribution is 1.74. The first-order valence-corrected chi connectivity index (χ1v) is 1.92. The van der Waals surface area contributed by atoms with Crippen LogP contribution in [0.25, 0.3) is 0 Å². The SMILES string of the molecule is COC(=O)/N=C\C=N. The van der Waals surface area contributed by atoms with Crippen LogP contribution in [0.1, 0.15) is 0 Å². The van der Waals surface area contributed by atoms with E-state index in [2.05, 4.69) is 9.73 Å². The lowest BCUT2D eigenvalue weighted by Crippen LogP contribution is -1.92. The molecule has 4 heteroatoms. The smallest absolute Gasteiger partial charge is 0.433 e. The minimum Gasteiger partial charge on any atom is -0.451 e. The Morgan fingerprint density at radius 2 is 2.50 bits per heavy atom. The number of carbonyl (C=O) groups excluding carboxylic acids is 1. The van der Waals surface area contributed by atoms with Crippen LogP contribution < -0.4 is 0 Å². The number of carbonyl (C=O) groups is 1. The Bertz CT molecular complexity index is 119. The molecule has 0 aromatic heterocycles. The summed E-state index contributed by atoms with van der Waals surface area (Å²) in [6.45, 7) is 0. The van der Waals surface area contributed by atoms with Gasteiger partial charge in [0.15, 0.2) is 0 Å². The molecule has 0 spiro atoms. The standard InChI is InChI=1S/C4H6N2O2/c1-8-4(7)6-3-2-5/h2-3,5H,1H3/b5-2?,6-3-. The van der Waals surface area contributed by atoms with Crippen molar-refractivity contribution in [2.24, 2.45) is 4.99 Å². The second-order valence-electron chi connectivity index (χ2n) is 0.915. The van der Waals surface area contributed by atoms with Crippen LogP contribution in [-0.4, -0.2) is 25.6 Å². The summed E-state index contributed by atoms with van der Waals surface area (Å²) in [5.41, 5.74) is 0. The van der Waals surface area contributed by atoms with Crippen molar-refractivity contribution < 1.29 is 9.53 Å². The Labute approximate surface area is 46.7 Å². The summed E-state index contributed by atoms with van der Waals surface area (Å²) >= 11 is 0. The zero-order valence-electron chi connectivity index (χ0n) is 4.42. The zero-order chi connectivity index (χ0) is 6.41. The molecule has 0 fully saturated rings. The topological polar surface area (TPSA) is 62.5 Å². The van der Waals surface area contributed by atoms with Crippen molar-refractivity contribution in [1.82, 2.24) is 0 Å². The summed E-state index contributed by atoms with van der Waals surface area (Å²) < 4.78 is 4.11. The van der Waals surface area contributed by atoms with E-state index in [4.69, 9.17) is 5.41 Å². The first kappa shape index (κ1) is 6.81. The average Bonchev–Trinajstić information content (AvgIpc) is 1.83. The van der Waals surface area contributed by atoms with Crippen molar-refractivity contribution >= 4 is 18.5 Å². The van der Waals surface area contributed by atoms with Gasteiger partial charge in [-0.3, -0.25) is 0 Å². The lowest BCUT2D eigenvalue weighted by molar-refractivity contribution is 0.183. The predicted molar refractivity (Wildman–Crippen MR) is 29.7 cm³/mol. The quantitative estimate of drug-likeness (QED) is 0.504. The third-order valence-corrected chi connectivity index (χ3v) is 0.429. The minimum absolute atomic E-state index is 0.687. The van der Waals surface area contributed by atoms with Gasteiger partial charge in [-0.15, -0.1) is 0 Å². The zero-order valence-corrected chi connectivity index (χ0v) is 4.42. The lowest BCUT2D eigenvalue weighted by Gasteiger charge is -1.83. The van der Waals surface area contributed by atoms with Gasteiger partial charge >= 0.3 is 6.09 Å². The Balaban J connectivity index is 3.52. The summed E-state index contributed by atoms with van der Waals surface area (Å²) in [5, 5.41) is 6.39. The molecule has 0 saturated heterocycles. The van der Waals surface area contributed by atoms with Crippen molar-refractivity contribution in [2.45, 2.75) is 0 Å². The minimum atomic E-state index is -0.687. The predicted octanol–water partition coefficient (Wildman–Crippen LogP) is 0.473. The van der Waals surface area contributed by atoms with Gasteiger partial charge in [0.2, 0.25) is 0 Å². The molecular weight excluding hydrogens is 108 g/mol. The summed E-state index contributed by atoms with van der Waals surface area (Å²) in [6, 6.07) is 0. The highest BCUT2D eigenvalue weighted by atomic mass is 16.5. The van der Waals surface area contributed by atoms with Crippen LogP contribution in [0.4, 0.5) is 4.79 Å². The summed E-state index contributed by atoms with van der Waals surface area (Å²) in [7, 11) is 1.23. The maximum atomic E-state index is 10.0. The number of aliphatic imine (C=N–C) groups is 1. The highest BCUT2D eigenvalue weighted by Gasteiger charge is 1.86. The molecule has 1 amide bonds. The number of ether oxygens (including phenoxy) is 1. The molecule has 1 N–H and O–H groups in total. The fraction of sp³-hybridized carbons (Fsp3) is 0.250. The molecule has 0 aliphatic heterocycles. The van der Waals surface area contributed by atoms with E-state index in [0.717, 1.165) is 12.4 Å². The number of methoxy groups -OCH3 is 1. The fourth-order valence-electron chi connectivity index (χ4n) is 0.151. The second-order valence-corrected chi connectivity index (χ2v) is 0.915. The highest BCUT2D eigenvalue weighted by molar-refractivity contribution is 6.16. The third-order valence-electron chi connectivity index (χ3n) is 0.429. The first-order chi connectivity index (χ1) is 3.81. The van der Waals surface area contributed by atoms with Crippen molar-refractivity contribution in [3.05, 3.63) is 0 Å². The van der Waals surface area contributed by atoms with Gasteiger partial charge in [0.05, 0.1) is 13.3 Å². The molecule has 0 unspecified atom stereocenters. The van der Waals surface area contributed by atoms with Gasteiger partial charge in [0, 0.05) is 6.21 Å². The molecular formula is C4H6N2O2. The lowest BCUT2D eigenvalue weighted by atomic mass is 10.8. The summed E-state index contributed by atoms with van der Waals surface area (Å²) in [5.74, 6) is 0. The van der Waals surface area contributed by atoms with E-state index < -0.39 is 6.09 Å². The number of hydrogen-bond donors (Lipinski definition) is 1. The van der Waals surface area contributed by atoms with Gasteiger partial charge in [-0.2, -0.15) is 4.99 Å². The van der Waals surface area contributed by atoms with Gasteiger partial charge in [-0.1, -0.05) is 0 Å². The van der Waals surface area contributed by atoms with Gasteiger partial charge < -0.3 is 10.1 Å². The van der Waals surface area contributed by atoms with Crippen LogP contribution in [0, 0.1) is 5.41 Å². The maximum absolute atomic E-state index is 10.0. The molecule has 8 heavy (non-hydrogen) atoms. The Morgan fingerprint density at radius 3 is 2.88 bits per heavy atom. The van der Waals surface area contributed by atoms with Crippen LogP contribution in [0.15, 0.2) is 4.99 Å². The molecule has 4 nitrogen and oxygen atoms in total. The molecule has 0 rings (SSSR count). The van der Waals surface area contributed by atoms with E-state index in [9.17, 15) is 4.79 Å². The normalized spacial score (nSPS) is 9.12. The Morgan fingerprint density at radius 1 is 1.88 bits per heavy atom. The van der Waals surface area contributed by atoms with E-state index in [1.54, 1.807) is 0 Å². The molecule has 0 atom stereocenters. The summed E-state index contributed by atoms with van der Waals surface area (Å²) in [6.07, 6.45) is 1.26.